The minimum absolute atomic E-state index is 0.430. The first kappa shape index (κ1) is 63.6. The molecule has 7 rings (SSSR count). The lowest BCUT2D eigenvalue weighted by atomic mass is 9.12. The van der Waals surface area contributed by atoms with Gasteiger partial charge in [-0.05, 0) is 36.4 Å². The molecule has 0 N–H and O–H groups in total. The number of benzene rings is 7. The molecule has 0 heterocycles. The number of rotatable bonds is 21. The van der Waals surface area contributed by atoms with Crippen molar-refractivity contribution in [3.05, 3.63) is 192 Å². The van der Waals surface area contributed by atoms with Crippen LogP contribution >= 0.6 is 46.4 Å². The van der Waals surface area contributed by atoms with Gasteiger partial charge in [-0.2, -0.15) is 0 Å². The Labute approximate surface area is 467 Å². The van der Waals surface area contributed by atoms with E-state index < -0.39 is 152 Å². The molecule has 7 aromatic carbocycles. The van der Waals surface area contributed by atoms with Gasteiger partial charge in [0.15, 0.2) is 86.2 Å². The normalized spacial score (nSPS) is 11.6. The van der Waals surface area contributed by atoms with E-state index in [0.29, 0.717) is 52.9 Å². The SMILES string of the molecule is COCCOCCOc1ccccc1[S+](c1ccccc1)c1ccccc1OCCOCCOC.Fc1c(F)c(F)c([B-](c2c(F)c(F)c(F)c(F)c2Cl)(c2c(F)c(F)c(F)c(F)c2Cl)c2c(F)c(F)c(F)c(F)c2Cl)c(Cl)c1F. The largest absolute Gasteiger partial charge is 0.486 e. The van der Waals surface area contributed by atoms with Crippen molar-refractivity contribution in [2.75, 3.05) is 67.1 Å². The molecule has 0 saturated heterocycles. The molecule has 0 aliphatic heterocycles. The van der Waals surface area contributed by atoms with Gasteiger partial charge in [0.25, 0.3) is 0 Å². The van der Waals surface area contributed by atoms with Gasteiger partial charge in [0.1, 0.15) is 53.5 Å². The van der Waals surface area contributed by atoms with Crippen molar-refractivity contribution in [2.24, 2.45) is 0 Å². The summed E-state index contributed by atoms with van der Waals surface area (Å²) in [6.45, 7) is 4.17. The van der Waals surface area contributed by atoms with Crippen LogP contribution in [0, 0.1) is 93.1 Å². The molecule has 0 fully saturated rings. The third kappa shape index (κ3) is 12.4. The van der Waals surface area contributed by atoms with Crippen LogP contribution in [0.1, 0.15) is 0 Å². The molecule has 0 saturated carbocycles. The van der Waals surface area contributed by atoms with E-state index in [1.54, 1.807) is 14.2 Å². The predicted molar refractivity (Wildman–Crippen MR) is 267 cm³/mol. The van der Waals surface area contributed by atoms with Gasteiger partial charge in [-0.15, -0.1) is 21.9 Å². The molecule has 0 bridgehead atoms. The van der Waals surface area contributed by atoms with Crippen LogP contribution in [0.5, 0.6) is 11.5 Å². The fourth-order valence-corrected chi connectivity index (χ4v) is 11.8. The second-order valence-corrected chi connectivity index (χ2v) is 19.7. The van der Waals surface area contributed by atoms with Crippen molar-refractivity contribution in [1.82, 2.24) is 0 Å². The zero-order valence-electron chi connectivity index (χ0n) is 40.7. The first-order valence-corrected chi connectivity index (χ1v) is 25.4. The Kier molecular flexibility index (Phi) is 22.2. The summed E-state index contributed by atoms with van der Waals surface area (Å²) in [6, 6.07) is 26.8. The molecule has 0 radical (unpaired) electrons. The van der Waals surface area contributed by atoms with Crippen molar-refractivity contribution >= 4 is 85.3 Å². The van der Waals surface area contributed by atoms with Crippen molar-refractivity contribution in [3.8, 4) is 11.5 Å². The first-order chi connectivity index (χ1) is 38.0. The summed E-state index contributed by atoms with van der Waals surface area (Å²) in [5, 5.41) is -9.69. The van der Waals surface area contributed by atoms with E-state index in [-0.39, 0.29) is 0 Å². The molecule has 7 aromatic rings. The van der Waals surface area contributed by atoms with Gasteiger partial charge < -0.3 is 28.4 Å². The molecule has 428 valence electrons. The highest BCUT2D eigenvalue weighted by Gasteiger charge is 2.51. The molecular weight excluding hydrogens is 1210 g/mol. The molecule has 0 unspecified atom stereocenters. The molecule has 0 aliphatic carbocycles. The van der Waals surface area contributed by atoms with Gasteiger partial charge in [-0.1, -0.05) is 88.9 Å². The molecule has 0 atom stereocenters. The van der Waals surface area contributed by atoms with E-state index >= 15 is 17.6 Å². The summed E-state index contributed by atoms with van der Waals surface area (Å²) in [7, 11) is 2.90. The highest BCUT2D eigenvalue weighted by Crippen LogP contribution is 2.41. The molecular formula is C52H35BCl4F16O6S. The Morgan fingerprint density at radius 2 is 0.588 bits per heavy atom. The lowest BCUT2D eigenvalue weighted by Gasteiger charge is -2.46. The number of methoxy groups -OCH3 is 2. The van der Waals surface area contributed by atoms with E-state index in [4.69, 9.17) is 74.8 Å². The summed E-state index contributed by atoms with van der Waals surface area (Å²) in [5.74, 6) is -46.6. The number of para-hydroxylation sites is 2. The van der Waals surface area contributed by atoms with Crippen LogP contribution in [0.25, 0.3) is 0 Å². The molecule has 0 aliphatic rings. The average Bonchev–Trinajstić information content (AvgIpc) is 3.47. The molecule has 0 spiro atoms. The topological polar surface area (TPSA) is 55.4 Å². The monoisotopic (exact) mass is 1240 g/mol. The highest BCUT2D eigenvalue weighted by atomic mass is 35.5. The van der Waals surface area contributed by atoms with E-state index in [1.807, 2.05) is 42.5 Å². The summed E-state index contributed by atoms with van der Waals surface area (Å²) in [5.41, 5.74) is -10.7. The smallest absolute Gasteiger partial charge is 0.208 e. The number of hydrogen-bond acceptors (Lipinski definition) is 6. The van der Waals surface area contributed by atoms with Gasteiger partial charge in [0.2, 0.25) is 9.79 Å². The Morgan fingerprint density at radius 1 is 0.325 bits per heavy atom. The van der Waals surface area contributed by atoms with Crippen LogP contribution in [0.15, 0.2) is 93.5 Å². The Balaban J connectivity index is 0.000000266. The van der Waals surface area contributed by atoms with Gasteiger partial charge >= 0.3 is 0 Å². The Morgan fingerprint density at radius 3 is 0.887 bits per heavy atom. The molecule has 6 nitrogen and oxygen atoms in total. The summed E-state index contributed by atoms with van der Waals surface area (Å²) >= 11 is 22.3. The Hall–Kier alpha value is -5.57. The summed E-state index contributed by atoms with van der Waals surface area (Å²) in [6.07, 6.45) is -6.24. The first-order valence-electron chi connectivity index (χ1n) is 22.6. The molecule has 0 aromatic heterocycles. The second-order valence-electron chi connectivity index (χ2n) is 16.2. The minimum Gasteiger partial charge on any atom is -0.486 e. The fraction of sp³-hybridized carbons (Fsp3) is 0.192. The van der Waals surface area contributed by atoms with E-state index in [1.165, 1.54) is 4.90 Å². The average molecular weight is 1240 g/mol. The van der Waals surface area contributed by atoms with Crippen molar-refractivity contribution < 1.29 is 98.7 Å². The second kappa shape index (κ2) is 27.9. The van der Waals surface area contributed by atoms with E-state index in [9.17, 15) is 52.7 Å². The lowest BCUT2D eigenvalue weighted by molar-refractivity contribution is 0.0538. The van der Waals surface area contributed by atoms with E-state index in [2.05, 4.69) is 36.4 Å². The fourth-order valence-electron chi connectivity index (χ4n) is 8.19. The van der Waals surface area contributed by atoms with Crippen LogP contribution in [-0.2, 0) is 29.8 Å². The Bertz CT molecular complexity index is 2930. The highest BCUT2D eigenvalue weighted by molar-refractivity contribution is 7.97. The predicted octanol–water partition coefficient (Wildman–Crippen LogP) is 12.8. The minimum atomic E-state index is -6.24. The molecule has 28 heteroatoms. The van der Waals surface area contributed by atoms with Crippen LogP contribution in [0.2, 0.25) is 20.1 Å². The van der Waals surface area contributed by atoms with Crippen molar-refractivity contribution in [3.63, 3.8) is 0 Å². The van der Waals surface area contributed by atoms with Crippen molar-refractivity contribution in [2.45, 2.75) is 14.7 Å². The maximum atomic E-state index is 15.8. The van der Waals surface area contributed by atoms with Gasteiger partial charge in [-0.3, -0.25) is 0 Å². The maximum Gasteiger partial charge on any atom is 0.208 e. The third-order valence-corrected chi connectivity index (χ3v) is 15.4. The zero-order valence-corrected chi connectivity index (χ0v) is 44.5. The number of hydrogen-bond donors (Lipinski definition) is 0. The van der Waals surface area contributed by atoms with Crippen LogP contribution in [0.3, 0.4) is 0 Å². The lowest BCUT2D eigenvalue weighted by Crippen LogP contribution is -2.79. The molecule has 80 heavy (non-hydrogen) atoms. The van der Waals surface area contributed by atoms with Gasteiger partial charge in [-0.25, -0.2) is 70.2 Å². The number of ether oxygens (including phenoxy) is 6. The van der Waals surface area contributed by atoms with Gasteiger partial charge in [0, 0.05) is 34.3 Å². The molecule has 0 amide bonds. The standard InChI is InChI=1S/C28H35O6S.C24BCl4F16/c1-29-16-18-31-20-22-33-25-12-6-8-14-27(25)35(24-10-4-3-5-11-24)28-15-9-7-13-26(28)34-23-21-32-19-17-30-2;26-5-1(9(30)17(38)21(42)13(5)34)25(2-6(27)14(35)22(43)18(39)10(2)31,3-7(28)15(36)23(44)19(40)11(3)32)4-8(29)16(37)24(45)20(41)12(4)33/h3-15H,16-23H2,1-2H3;/q+1;-1. The maximum absolute atomic E-state index is 15.8. The summed E-state index contributed by atoms with van der Waals surface area (Å²) < 4.78 is 272. The van der Waals surface area contributed by atoms with Crippen molar-refractivity contribution in [1.29, 1.82) is 0 Å². The third-order valence-electron chi connectivity index (χ3n) is 11.7. The summed E-state index contributed by atoms with van der Waals surface area (Å²) in [4.78, 5) is 3.39. The van der Waals surface area contributed by atoms with E-state index in [0.717, 1.165) is 21.3 Å². The van der Waals surface area contributed by atoms with Crippen LogP contribution in [0.4, 0.5) is 70.2 Å². The van der Waals surface area contributed by atoms with Crippen LogP contribution < -0.4 is 31.3 Å². The van der Waals surface area contributed by atoms with Crippen LogP contribution in [-0.4, -0.2) is 73.2 Å². The number of halogens is 20. The quantitative estimate of drug-likeness (QED) is 0.0178. The van der Waals surface area contributed by atoms with Gasteiger partial charge in [0.05, 0.1) is 39.6 Å². The zero-order chi connectivity index (χ0) is 58.9.